The van der Waals surface area contributed by atoms with E-state index in [4.69, 9.17) is 0 Å². The molecule has 0 spiro atoms. The number of rotatable bonds is 2. The fourth-order valence-corrected chi connectivity index (χ4v) is 2.38. The summed E-state index contributed by atoms with van der Waals surface area (Å²) < 4.78 is 45.8. The van der Waals surface area contributed by atoms with Gasteiger partial charge in [-0.25, -0.2) is 8.42 Å². The summed E-state index contributed by atoms with van der Waals surface area (Å²) >= 11 is 0. The minimum Gasteiger partial charge on any atom is -0.315 e. The Balaban J connectivity index is 0.00000144. The van der Waals surface area contributed by atoms with Crippen LogP contribution in [0.15, 0.2) is 0 Å². The van der Waals surface area contributed by atoms with E-state index in [1.54, 1.807) is 0 Å². The highest BCUT2D eigenvalue weighted by atomic mass is 35.5. The van der Waals surface area contributed by atoms with E-state index in [-0.39, 0.29) is 19.0 Å². The predicted molar refractivity (Wildman–Crippen MR) is 48.1 cm³/mol. The highest BCUT2D eigenvalue weighted by Crippen LogP contribution is 2.18. The molecule has 0 amide bonds. The Morgan fingerprint density at radius 2 is 2.00 bits per heavy atom. The van der Waals surface area contributed by atoms with E-state index in [0.29, 0.717) is 12.8 Å². The van der Waals surface area contributed by atoms with Crippen molar-refractivity contribution in [1.29, 1.82) is 0 Å². The van der Waals surface area contributed by atoms with Crippen LogP contribution in [-0.4, -0.2) is 32.5 Å². The van der Waals surface area contributed by atoms with Crippen LogP contribution in [0.5, 0.6) is 0 Å². The van der Waals surface area contributed by atoms with Gasteiger partial charge in [-0.1, -0.05) is 0 Å². The zero-order valence-electron chi connectivity index (χ0n) is 6.87. The molecule has 0 bridgehead atoms. The molecule has 1 fully saturated rings. The third kappa shape index (κ3) is 3.03. The van der Waals surface area contributed by atoms with Crippen molar-refractivity contribution in [2.24, 2.45) is 0 Å². The smallest absolute Gasteiger partial charge is 0.315 e. The molecular formula is C6H12ClF2NO2S. The lowest BCUT2D eigenvalue weighted by Gasteiger charge is -2.21. The van der Waals surface area contributed by atoms with Gasteiger partial charge in [-0.2, -0.15) is 8.78 Å². The van der Waals surface area contributed by atoms with Gasteiger partial charge in [0, 0.05) is 6.54 Å². The number of hydrogen-bond acceptors (Lipinski definition) is 3. The summed E-state index contributed by atoms with van der Waals surface area (Å²) in [5, 5.41) is 1.89. The van der Waals surface area contributed by atoms with Crippen molar-refractivity contribution in [3.63, 3.8) is 0 Å². The molecule has 1 N–H and O–H groups in total. The van der Waals surface area contributed by atoms with Crippen molar-refractivity contribution in [3.05, 3.63) is 0 Å². The molecule has 1 aliphatic heterocycles. The number of halogens is 3. The van der Waals surface area contributed by atoms with Crippen LogP contribution in [0.2, 0.25) is 0 Å². The average Bonchev–Trinajstić information content (AvgIpc) is 2.06. The van der Waals surface area contributed by atoms with Gasteiger partial charge in [0.25, 0.3) is 0 Å². The van der Waals surface area contributed by atoms with Gasteiger partial charge in [0.2, 0.25) is 9.84 Å². The number of hydrogen-bond donors (Lipinski definition) is 1. The molecule has 1 saturated heterocycles. The first-order valence-electron chi connectivity index (χ1n) is 3.76. The molecule has 0 aliphatic carbocycles. The molecule has 0 radical (unpaired) electrons. The maximum absolute atomic E-state index is 12.0. The topological polar surface area (TPSA) is 46.2 Å². The highest BCUT2D eigenvalue weighted by Gasteiger charge is 2.34. The van der Waals surface area contributed by atoms with Crippen LogP contribution >= 0.6 is 12.4 Å². The molecule has 1 rings (SSSR count). The van der Waals surface area contributed by atoms with E-state index >= 15 is 0 Å². The summed E-state index contributed by atoms with van der Waals surface area (Å²) in [5.41, 5.74) is 0. The lowest BCUT2D eigenvalue weighted by molar-refractivity contribution is 0.231. The van der Waals surface area contributed by atoms with Crippen LogP contribution in [0.4, 0.5) is 8.78 Å². The van der Waals surface area contributed by atoms with Crippen molar-refractivity contribution in [2.75, 3.05) is 13.1 Å². The number of piperidine rings is 1. The molecule has 0 aromatic carbocycles. The third-order valence-corrected chi connectivity index (χ3v) is 3.79. The monoisotopic (exact) mass is 235 g/mol. The maximum Gasteiger partial charge on any atom is 0.337 e. The van der Waals surface area contributed by atoms with Crippen LogP contribution in [0, 0.1) is 0 Å². The standard InChI is InChI=1S/C6H11F2NO2S.ClH/c7-6(8)12(10,11)5-2-1-3-9-4-5;/h5-6,9H,1-4H2;1H. The largest absolute Gasteiger partial charge is 0.337 e. The van der Waals surface area contributed by atoms with Crippen LogP contribution in [-0.2, 0) is 9.84 Å². The Kier molecular flexibility index (Phi) is 5.09. The van der Waals surface area contributed by atoms with Gasteiger partial charge >= 0.3 is 5.76 Å². The lowest BCUT2D eigenvalue weighted by Crippen LogP contribution is -2.41. The first-order chi connectivity index (χ1) is 5.55. The third-order valence-electron chi connectivity index (χ3n) is 1.96. The second-order valence-corrected chi connectivity index (χ2v) is 5.02. The van der Waals surface area contributed by atoms with Crippen molar-refractivity contribution in [1.82, 2.24) is 5.32 Å². The molecule has 1 unspecified atom stereocenters. The summed E-state index contributed by atoms with van der Waals surface area (Å²) in [7, 11) is -4.20. The van der Waals surface area contributed by atoms with Crippen molar-refractivity contribution in [3.8, 4) is 0 Å². The molecule has 1 atom stereocenters. The summed E-state index contributed by atoms with van der Waals surface area (Å²) in [4.78, 5) is 0. The molecule has 1 heterocycles. The number of alkyl halides is 2. The SMILES string of the molecule is Cl.O=S(=O)(C(F)F)C1CCCNC1. The summed E-state index contributed by atoms with van der Waals surface area (Å²) in [5.74, 6) is -3.23. The normalized spacial score (nSPS) is 24.1. The molecule has 1 aliphatic rings. The predicted octanol–water partition coefficient (Wildman–Crippen LogP) is 0.798. The molecule has 3 nitrogen and oxygen atoms in total. The van der Waals surface area contributed by atoms with Gasteiger partial charge in [-0.05, 0) is 19.4 Å². The van der Waals surface area contributed by atoms with Crippen molar-refractivity contribution < 1.29 is 17.2 Å². The zero-order chi connectivity index (χ0) is 9.19. The highest BCUT2D eigenvalue weighted by molar-refractivity contribution is 7.92. The first-order valence-corrected chi connectivity index (χ1v) is 5.37. The second kappa shape index (κ2) is 5.07. The zero-order valence-corrected chi connectivity index (χ0v) is 8.51. The van der Waals surface area contributed by atoms with Gasteiger partial charge in [0.1, 0.15) is 0 Å². The van der Waals surface area contributed by atoms with E-state index in [0.717, 1.165) is 6.54 Å². The van der Waals surface area contributed by atoms with Crippen molar-refractivity contribution >= 4 is 22.2 Å². The molecular weight excluding hydrogens is 224 g/mol. The number of sulfone groups is 1. The summed E-state index contributed by atoms with van der Waals surface area (Å²) in [6.45, 7) is 0.877. The quantitative estimate of drug-likeness (QED) is 0.770. The molecule has 13 heavy (non-hydrogen) atoms. The van der Waals surface area contributed by atoms with Gasteiger partial charge < -0.3 is 5.32 Å². The summed E-state index contributed by atoms with van der Waals surface area (Å²) in [6, 6.07) is 0. The Labute approximate surface area is 82.2 Å². The Hall–Kier alpha value is 0.0600. The second-order valence-electron chi connectivity index (χ2n) is 2.82. The van der Waals surface area contributed by atoms with Gasteiger partial charge in [-0.15, -0.1) is 12.4 Å². The molecule has 0 aromatic heterocycles. The van der Waals surface area contributed by atoms with Crippen LogP contribution in [0.3, 0.4) is 0 Å². The molecule has 0 saturated carbocycles. The number of nitrogens with one attached hydrogen (secondary N) is 1. The van der Waals surface area contributed by atoms with E-state index in [2.05, 4.69) is 5.32 Å². The average molecular weight is 236 g/mol. The Morgan fingerprint density at radius 3 is 2.38 bits per heavy atom. The van der Waals surface area contributed by atoms with E-state index < -0.39 is 20.8 Å². The van der Waals surface area contributed by atoms with Gasteiger partial charge in [0.15, 0.2) is 0 Å². The summed E-state index contributed by atoms with van der Waals surface area (Å²) in [6.07, 6.45) is 0.996. The van der Waals surface area contributed by atoms with Gasteiger partial charge in [-0.3, -0.25) is 0 Å². The minimum atomic E-state index is -4.20. The molecule has 0 aromatic rings. The van der Waals surface area contributed by atoms with Gasteiger partial charge in [0.05, 0.1) is 5.25 Å². The lowest BCUT2D eigenvalue weighted by atomic mass is 10.2. The Bertz CT molecular complexity index is 239. The van der Waals surface area contributed by atoms with E-state index in [1.165, 1.54) is 0 Å². The van der Waals surface area contributed by atoms with E-state index in [1.807, 2.05) is 0 Å². The Morgan fingerprint density at radius 1 is 1.38 bits per heavy atom. The molecule has 80 valence electrons. The fraction of sp³-hybridized carbons (Fsp3) is 1.00. The minimum absolute atomic E-state index is 0. The van der Waals surface area contributed by atoms with E-state index in [9.17, 15) is 17.2 Å². The fourth-order valence-electron chi connectivity index (χ4n) is 1.25. The van der Waals surface area contributed by atoms with Crippen LogP contribution in [0.25, 0.3) is 0 Å². The first kappa shape index (κ1) is 13.1. The van der Waals surface area contributed by atoms with Crippen molar-refractivity contribution in [2.45, 2.75) is 23.8 Å². The maximum atomic E-state index is 12.0. The van der Waals surface area contributed by atoms with Crippen LogP contribution in [0.1, 0.15) is 12.8 Å². The molecule has 7 heteroatoms. The van der Waals surface area contributed by atoms with Crippen LogP contribution < -0.4 is 5.32 Å².